The molecule has 0 unspecified atom stereocenters. The fourth-order valence-corrected chi connectivity index (χ4v) is 3.92. The van der Waals surface area contributed by atoms with E-state index in [4.69, 9.17) is 4.99 Å². The molecule has 4 rings (SSSR count). The van der Waals surface area contributed by atoms with E-state index in [1.165, 1.54) is 22.4 Å². The standard InChI is InChI=1S/C23H22N2/c1-3-25-18(2)24-23(19-12-6-4-7-13-19,20-14-8-5-9-15-20)21-16-10-11-17-22(21)25/h4-17H,3H2,1-2H3. The number of hydrogen-bond donors (Lipinski definition) is 0. The van der Waals surface area contributed by atoms with Gasteiger partial charge in [-0.1, -0.05) is 78.9 Å². The second kappa shape index (κ2) is 6.21. The summed E-state index contributed by atoms with van der Waals surface area (Å²) in [5.41, 5.74) is 4.37. The van der Waals surface area contributed by atoms with E-state index < -0.39 is 5.54 Å². The average molecular weight is 326 g/mol. The van der Waals surface area contributed by atoms with Crippen LogP contribution in [-0.4, -0.2) is 12.4 Å². The van der Waals surface area contributed by atoms with Gasteiger partial charge < -0.3 is 4.90 Å². The van der Waals surface area contributed by atoms with Crippen LogP contribution in [0.5, 0.6) is 0 Å². The number of para-hydroxylation sites is 1. The monoisotopic (exact) mass is 326 g/mol. The first kappa shape index (κ1) is 15.6. The minimum absolute atomic E-state index is 0.505. The van der Waals surface area contributed by atoms with Gasteiger partial charge in [0.25, 0.3) is 0 Å². The summed E-state index contributed by atoms with van der Waals surface area (Å²) in [6.07, 6.45) is 0. The maximum atomic E-state index is 5.29. The molecule has 0 spiro atoms. The SMILES string of the molecule is CCN1C(C)=NC(c2ccccc2)(c2ccccc2)c2ccccc21. The Kier molecular flexibility index (Phi) is 3.89. The van der Waals surface area contributed by atoms with E-state index in [-0.39, 0.29) is 0 Å². The number of benzene rings is 3. The Labute approximate surface area is 149 Å². The van der Waals surface area contributed by atoms with Gasteiger partial charge in [0.05, 0.1) is 0 Å². The number of aliphatic imine (C=N–C) groups is 1. The molecule has 3 aromatic carbocycles. The van der Waals surface area contributed by atoms with Crippen LogP contribution in [0.1, 0.15) is 30.5 Å². The zero-order valence-corrected chi connectivity index (χ0v) is 14.7. The molecule has 0 amide bonds. The molecule has 25 heavy (non-hydrogen) atoms. The number of fused-ring (bicyclic) bond motifs is 1. The predicted octanol–water partition coefficient (Wildman–Crippen LogP) is 5.24. The summed E-state index contributed by atoms with van der Waals surface area (Å²) in [6, 6.07) is 29.9. The van der Waals surface area contributed by atoms with Crippen molar-refractivity contribution in [2.75, 3.05) is 11.4 Å². The number of nitrogens with zero attached hydrogens (tertiary/aromatic N) is 2. The highest BCUT2D eigenvalue weighted by atomic mass is 15.2. The first-order chi connectivity index (χ1) is 12.3. The van der Waals surface area contributed by atoms with Crippen molar-refractivity contribution in [3.05, 3.63) is 102 Å². The molecule has 0 bridgehead atoms. The molecule has 1 aliphatic rings. The van der Waals surface area contributed by atoms with Gasteiger partial charge in [-0.2, -0.15) is 0 Å². The Hall–Kier alpha value is -2.87. The molecule has 0 N–H and O–H groups in total. The highest BCUT2D eigenvalue weighted by molar-refractivity contribution is 6.00. The van der Waals surface area contributed by atoms with Crippen molar-refractivity contribution < 1.29 is 0 Å². The van der Waals surface area contributed by atoms with Crippen LogP contribution in [0, 0.1) is 0 Å². The van der Waals surface area contributed by atoms with Gasteiger partial charge in [-0.15, -0.1) is 0 Å². The van der Waals surface area contributed by atoms with E-state index in [1.54, 1.807) is 0 Å². The molecule has 124 valence electrons. The smallest absolute Gasteiger partial charge is 0.140 e. The third-order valence-electron chi connectivity index (χ3n) is 5.00. The van der Waals surface area contributed by atoms with E-state index in [1.807, 2.05) is 0 Å². The Balaban J connectivity index is 2.10. The van der Waals surface area contributed by atoms with Crippen molar-refractivity contribution in [2.24, 2.45) is 4.99 Å². The predicted molar refractivity (Wildman–Crippen MR) is 105 cm³/mol. The van der Waals surface area contributed by atoms with E-state index in [2.05, 4.69) is 104 Å². The van der Waals surface area contributed by atoms with Gasteiger partial charge in [-0.25, -0.2) is 0 Å². The average Bonchev–Trinajstić information content (AvgIpc) is 2.69. The minimum atomic E-state index is -0.505. The molecule has 2 nitrogen and oxygen atoms in total. The van der Waals surface area contributed by atoms with E-state index >= 15 is 0 Å². The fourth-order valence-electron chi connectivity index (χ4n) is 3.92. The van der Waals surface area contributed by atoms with Crippen LogP contribution >= 0.6 is 0 Å². The summed E-state index contributed by atoms with van der Waals surface area (Å²) in [7, 11) is 0. The van der Waals surface area contributed by atoms with E-state index in [0.29, 0.717) is 0 Å². The van der Waals surface area contributed by atoms with Gasteiger partial charge >= 0.3 is 0 Å². The van der Waals surface area contributed by atoms with Gasteiger partial charge in [0.15, 0.2) is 0 Å². The molecular weight excluding hydrogens is 304 g/mol. The van der Waals surface area contributed by atoms with Crippen molar-refractivity contribution in [2.45, 2.75) is 19.4 Å². The summed E-state index contributed by atoms with van der Waals surface area (Å²) in [5.74, 6) is 1.05. The van der Waals surface area contributed by atoms with Crippen LogP contribution in [0.3, 0.4) is 0 Å². The van der Waals surface area contributed by atoms with Crippen LogP contribution in [-0.2, 0) is 5.54 Å². The Morgan fingerprint density at radius 1 is 0.760 bits per heavy atom. The Bertz CT molecular complexity index is 858. The van der Waals surface area contributed by atoms with Gasteiger partial charge in [0, 0.05) is 17.8 Å². The molecular formula is C23H22N2. The quantitative estimate of drug-likeness (QED) is 0.643. The number of hydrogen-bond acceptors (Lipinski definition) is 2. The summed E-state index contributed by atoms with van der Waals surface area (Å²) >= 11 is 0. The maximum Gasteiger partial charge on any atom is 0.140 e. The molecule has 0 saturated carbocycles. The van der Waals surface area contributed by atoms with Crippen molar-refractivity contribution in [3.8, 4) is 0 Å². The van der Waals surface area contributed by atoms with Crippen LogP contribution in [0.4, 0.5) is 5.69 Å². The largest absolute Gasteiger partial charge is 0.330 e. The lowest BCUT2D eigenvalue weighted by Crippen LogP contribution is -2.41. The zero-order chi connectivity index (χ0) is 17.3. The van der Waals surface area contributed by atoms with Gasteiger partial charge in [-0.05, 0) is 31.0 Å². The molecule has 0 fully saturated rings. The van der Waals surface area contributed by atoms with E-state index in [0.717, 1.165) is 12.4 Å². The van der Waals surface area contributed by atoms with Crippen LogP contribution in [0.25, 0.3) is 0 Å². The highest BCUT2D eigenvalue weighted by Crippen LogP contribution is 2.47. The maximum absolute atomic E-state index is 5.29. The summed E-state index contributed by atoms with van der Waals surface area (Å²) in [4.78, 5) is 7.58. The molecule has 2 heteroatoms. The van der Waals surface area contributed by atoms with Crippen molar-refractivity contribution in [1.29, 1.82) is 0 Å². The van der Waals surface area contributed by atoms with Crippen molar-refractivity contribution >= 4 is 11.5 Å². The lowest BCUT2D eigenvalue weighted by atomic mass is 9.75. The second-order valence-corrected chi connectivity index (χ2v) is 6.36. The number of rotatable bonds is 3. The number of anilines is 1. The molecule has 1 heterocycles. The summed E-state index contributed by atoms with van der Waals surface area (Å²) in [5, 5.41) is 0. The second-order valence-electron chi connectivity index (χ2n) is 6.36. The summed E-state index contributed by atoms with van der Waals surface area (Å²) < 4.78 is 0. The number of amidine groups is 1. The Morgan fingerprint density at radius 2 is 1.28 bits per heavy atom. The molecule has 3 aromatic rings. The van der Waals surface area contributed by atoms with Gasteiger partial charge in [0.2, 0.25) is 0 Å². The molecule has 0 atom stereocenters. The van der Waals surface area contributed by atoms with Crippen molar-refractivity contribution in [3.63, 3.8) is 0 Å². The fraction of sp³-hybridized carbons (Fsp3) is 0.174. The minimum Gasteiger partial charge on any atom is -0.330 e. The van der Waals surface area contributed by atoms with Crippen LogP contribution in [0.2, 0.25) is 0 Å². The first-order valence-corrected chi connectivity index (χ1v) is 8.82. The molecule has 0 saturated heterocycles. The molecule has 0 aromatic heterocycles. The highest BCUT2D eigenvalue weighted by Gasteiger charge is 2.41. The van der Waals surface area contributed by atoms with Crippen LogP contribution in [0.15, 0.2) is 89.9 Å². The van der Waals surface area contributed by atoms with Gasteiger partial charge in [0.1, 0.15) is 11.4 Å². The molecule has 1 aliphatic heterocycles. The lowest BCUT2D eigenvalue weighted by molar-refractivity contribution is 0.639. The summed E-state index contributed by atoms with van der Waals surface area (Å²) in [6.45, 7) is 5.19. The van der Waals surface area contributed by atoms with E-state index in [9.17, 15) is 0 Å². The first-order valence-electron chi connectivity index (χ1n) is 8.82. The molecule has 0 aliphatic carbocycles. The zero-order valence-electron chi connectivity index (χ0n) is 14.7. The third-order valence-corrected chi connectivity index (χ3v) is 5.00. The normalized spacial score (nSPS) is 15.4. The molecule has 0 radical (unpaired) electrons. The third kappa shape index (κ3) is 2.37. The topological polar surface area (TPSA) is 15.6 Å². The van der Waals surface area contributed by atoms with Gasteiger partial charge in [-0.3, -0.25) is 4.99 Å². The van der Waals surface area contributed by atoms with Crippen molar-refractivity contribution in [1.82, 2.24) is 0 Å². The lowest BCUT2D eigenvalue weighted by Gasteiger charge is -2.41. The van der Waals surface area contributed by atoms with Crippen LogP contribution < -0.4 is 4.90 Å². The Morgan fingerprint density at radius 3 is 1.84 bits per heavy atom.